The van der Waals surface area contributed by atoms with Gasteiger partial charge in [-0.2, -0.15) is 0 Å². The Bertz CT molecular complexity index is 307. The third-order valence-electron chi connectivity index (χ3n) is 2.29. The predicted octanol–water partition coefficient (Wildman–Crippen LogP) is 1.26. The molecule has 1 unspecified atom stereocenters. The van der Waals surface area contributed by atoms with E-state index in [4.69, 9.17) is 0 Å². The fourth-order valence-electron chi connectivity index (χ4n) is 1.29. The van der Waals surface area contributed by atoms with E-state index in [2.05, 4.69) is 29.5 Å². The Morgan fingerprint density at radius 3 is 3.00 bits per heavy atom. The topological polar surface area (TPSA) is 42.7 Å². The lowest BCUT2D eigenvalue weighted by Crippen LogP contribution is -2.38. The molecule has 0 aliphatic carbocycles. The van der Waals surface area contributed by atoms with Crippen LogP contribution in [0.4, 0.5) is 0 Å². The Morgan fingerprint density at radius 2 is 2.31 bits per heavy atom. The molecule has 0 aromatic carbocycles. The van der Waals surface area contributed by atoms with E-state index in [1.165, 1.54) is 0 Å². The van der Waals surface area contributed by atoms with Gasteiger partial charge >= 0.3 is 0 Å². The summed E-state index contributed by atoms with van der Waals surface area (Å²) in [5.41, 5.74) is 3.42. The molecule has 0 radical (unpaired) electrons. The van der Waals surface area contributed by atoms with Crippen LogP contribution in [0.2, 0.25) is 0 Å². The first-order valence-corrected chi connectivity index (χ1v) is 5.48. The maximum atomic E-state index is 4.06. The molecular weight excluding hydrogens is 184 g/mol. The number of aromatic nitrogens is 3. The minimum Gasteiger partial charge on any atom is -0.318 e. The van der Waals surface area contributed by atoms with Crippen LogP contribution in [-0.2, 0) is 0 Å². The smallest absolute Gasteiger partial charge is 0.210 e. The molecule has 0 spiro atoms. The van der Waals surface area contributed by atoms with Crippen LogP contribution >= 0.6 is 11.8 Å². The first-order chi connectivity index (χ1) is 6.18. The molecule has 2 heterocycles. The number of nitrogens with one attached hydrogen (secondary N) is 1. The van der Waals surface area contributed by atoms with Crippen molar-refractivity contribution in [2.75, 3.05) is 11.2 Å². The monoisotopic (exact) mass is 198 g/mol. The van der Waals surface area contributed by atoms with Crippen molar-refractivity contribution >= 4 is 11.8 Å². The van der Waals surface area contributed by atoms with Gasteiger partial charge in [0.1, 0.15) is 5.82 Å². The lowest BCUT2D eigenvalue weighted by atomic mass is 10.1. The molecule has 2 rings (SSSR count). The predicted molar refractivity (Wildman–Crippen MR) is 53.5 cm³/mol. The van der Waals surface area contributed by atoms with E-state index in [1.807, 2.05) is 11.6 Å². The minimum atomic E-state index is 0.521. The van der Waals surface area contributed by atoms with Crippen molar-refractivity contribution in [2.24, 2.45) is 5.92 Å². The second-order valence-corrected chi connectivity index (χ2v) is 4.64. The lowest BCUT2D eigenvalue weighted by molar-refractivity contribution is 0.497. The summed E-state index contributed by atoms with van der Waals surface area (Å²) in [4.78, 5) is 0. The summed E-state index contributed by atoms with van der Waals surface area (Å²) in [6, 6.07) is 0.521. The maximum absolute atomic E-state index is 4.06. The van der Waals surface area contributed by atoms with Crippen LogP contribution in [0.5, 0.6) is 0 Å². The molecule has 1 aliphatic heterocycles. The van der Waals surface area contributed by atoms with E-state index >= 15 is 0 Å². The van der Waals surface area contributed by atoms with Crippen molar-refractivity contribution in [3.05, 3.63) is 5.82 Å². The molecule has 0 bridgehead atoms. The van der Waals surface area contributed by atoms with Crippen molar-refractivity contribution < 1.29 is 0 Å². The van der Waals surface area contributed by atoms with Crippen LogP contribution in [0.15, 0.2) is 5.16 Å². The summed E-state index contributed by atoms with van der Waals surface area (Å²) in [5, 5.41) is 9.07. The van der Waals surface area contributed by atoms with Crippen LogP contribution in [0, 0.1) is 12.8 Å². The SMILES string of the molecule is Cc1nnc2n1NC(C(C)C)CS2. The molecule has 0 fully saturated rings. The number of nitrogens with zero attached hydrogens (tertiary/aromatic N) is 3. The molecule has 0 saturated heterocycles. The Labute approximate surface area is 82.1 Å². The average molecular weight is 198 g/mol. The Morgan fingerprint density at radius 1 is 1.54 bits per heavy atom. The zero-order valence-corrected chi connectivity index (χ0v) is 8.93. The van der Waals surface area contributed by atoms with Crippen LogP contribution in [-0.4, -0.2) is 26.7 Å². The Balaban J connectivity index is 2.22. The molecule has 1 atom stereocenters. The van der Waals surface area contributed by atoms with Crippen LogP contribution < -0.4 is 5.43 Å². The van der Waals surface area contributed by atoms with Gasteiger partial charge in [-0.1, -0.05) is 25.6 Å². The van der Waals surface area contributed by atoms with E-state index in [0.29, 0.717) is 12.0 Å². The van der Waals surface area contributed by atoms with Gasteiger partial charge in [0.05, 0.1) is 6.04 Å². The summed E-state index contributed by atoms with van der Waals surface area (Å²) in [5.74, 6) is 2.66. The van der Waals surface area contributed by atoms with Crippen molar-refractivity contribution in [2.45, 2.75) is 32.0 Å². The molecule has 5 heteroatoms. The molecule has 1 aliphatic rings. The fraction of sp³-hybridized carbons (Fsp3) is 0.750. The Hall–Kier alpha value is -0.710. The number of thioether (sulfide) groups is 1. The van der Waals surface area contributed by atoms with Gasteiger partial charge < -0.3 is 5.43 Å². The molecule has 1 aromatic heterocycles. The van der Waals surface area contributed by atoms with Gasteiger partial charge in [0.15, 0.2) is 0 Å². The van der Waals surface area contributed by atoms with E-state index < -0.39 is 0 Å². The summed E-state index contributed by atoms with van der Waals surface area (Å²) < 4.78 is 1.98. The lowest BCUT2D eigenvalue weighted by Gasteiger charge is -2.28. The molecular formula is C8H14N4S. The highest BCUT2D eigenvalue weighted by atomic mass is 32.2. The summed E-state index contributed by atoms with van der Waals surface area (Å²) in [6.45, 7) is 6.42. The van der Waals surface area contributed by atoms with Gasteiger partial charge in [0.2, 0.25) is 5.16 Å². The third-order valence-corrected chi connectivity index (χ3v) is 3.34. The summed E-state index contributed by atoms with van der Waals surface area (Å²) >= 11 is 1.77. The molecule has 1 aromatic rings. The van der Waals surface area contributed by atoms with Gasteiger partial charge in [0.25, 0.3) is 0 Å². The highest BCUT2D eigenvalue weighted by molar-refractivity contribution is 7.99. The van der Waals surface area contributed by atoms with E-state index in [-0.39, 0.29) is 0 Å². The number of fused-ring (bicyclic) bond motifs is 1. The zero-order valence-electron chi connectivity index (χ0n) is 8.11. The number of hydrogen-bond acceptors (Lipinski definition) is 4. The van der Waals surface area contributed by atoms with Gasteiger partial charge in [-0.05, 0) is 12.8 Å². The standard InChI is InChI=1S/C8H14N4S/c1-5(2)7-4-13-8-10-9-6(3)12(8)11-7/h5,7,11H,4H2,1-3H3. The molecule has 0 amide bonds. The first kappa shape index (κ1) is 8.87. The largest absolute Gasteiger partial charge is 0.318 e. The van der Waals surface area contributed by atoms with Crippen LogP contribution in [0.1, 0.15) is 19.7 Å². The van der Waals surface area contributed by atoms with Crippen molar-refractivity contribution in [1.82, 2.24) is 14.9 Å². The van der Waals surface area contributed by atoms with Crippen LogP contribution in [0.25, 0.3) is 0 Å². The van der Waals surface area contributed by atoms with E-state index in [9.17, 15) is 0 Å². The summed E-state index contributed by atoms with van der Waals surface area (Å²) in [6.07, 6.45) is 0. The fourth-order valence-corrected chi connectivity index (χ4v) is 2.49. The van der Waals surface area contributed by atoms with E-state index in [1.54, 1.807) is 11.8 Å². The number of hydrogen-bond donors (Lipinski definition) is 1. The molecule has 72 valence electrons. The minimum absolute atomic E-state index is 0.521. The summed E-state index contributed by atoms with van der Waals surface area (Å²) in [7, 11) is 0. The second kappa shape index (κ2) is 3.21. The maximum Gasteiger partial charge on any atom is 0.210 e. The van der Waals surface area contributed by atoms with Gasteiger partial charge in [-0.15, -0.1) is 10.2 Å². The van der Waals surface area contributed by atoms with Crippen molar-refractivity contribution in [1.29, 1.82) is 0 Å². The Kier molecular flexibility index (Phi) is 2.19. The zero-order chi connectivity index (χ0) is 9.42. The van der Waals surface area contributed by atoms with Crippen molar-refractivity contribution in [3.63, 3.8) is 0 Å². The molecule has 4 nitrogen and oxygen atoms in total. The molecule has 13 heavy (non-hydrogen) atoms. The van der Waals surface area contributed by atoms with Crippen molar-refractivity contribution in [3.8, 4) is 0 Å². The molecule has 0 saturated carbocycles. The number of aryl methyl sites for hydroxylation is 1. The first-order valence-electron chi connectivity index (χ1n) is 4.50. The van der Waals surface area contributed by atoms with E-state index in [0.717, 1.165) is 16.7 Å². The molecule has 1 N–H and O–H groups in total. The second-order valence-electron chi connectivity index (χ2n) is 3.66. The van der Waals surface area contributed by atoms with Gasteiger partial charge in [-0.3, -0.25) is 0 Å². The van der Waals surface area contributed by atoms with Gasteiger partial charge in [-0.25, -0.2) is 4.68 Å². The van der Waals surface area contributed by atoms with Gasteiger partial charge in [0, 0.05) is 5.75 Å². The highest BCUT2D eigenvalue weighted by Gasteiger charge is 2.23. The third kappa shape index (κ3) is 1.52. The quantitative estimate of drug-likeness (QED) is 0.737. The number of rotatable bonds is 1. The normalized spacial score (nSPS) is 21.4. The van der Waals surface area contributed by atoms with Crippen LogP contribution in [0.3, 0.4) is 0 Å². The highest BCUT2D eigenvalue weighted by Crippen LogP contribution is 2.24. The average Bonchev–Trinajstić information content (AvgIpc) is 2.47.